The van der Waals surface area contributed by atoms with Gasteiger partial charge in [-0.2, -0.15) is 0 Å². The van der Waals surface area contributed by atoms with Crippen LogP contribution in [0.2, 0.25) is 0 Å². The summed E-state index contributed by atoms with van der Waals surface area (Å²) in [6.07, 6.45) is 8.55. The Morgan fingerprint density at radius 2 is 2.00 bits per heavy atom. The topological polar surface area (TPSA) is 29.1 Å². The van der Waals surface area contributed by atoms with Crippen molar-refractivity contribution in [1.29, 1.82) is 0 Å². The summed E-state index contributed by atoms with van der Waals surface area (Å²) in [5, 5.41) is 3.37. The smallest absolute Gasteiger partial charge is 0.140 e. The number of nitrogens with one attached hydrogen (secondary N) is 1. The van der Waals surface area contributed by atoms with Crippen LogP contribution in [0.5, 0.6) is 0 Å². The van der Waals surface area contributed by atoms with E-state index < -0.39 is 0 Å². The van der Waals surface area contributed by atoms with Gasteiger partial charge in [0.25, 0.3) is 0 Å². The molecule has 92 valence electrons. The highest BCUT2D eigenvalue weighted by molar-refractivity contribution is 5.84. The molecule has 0 spiro atoms. The molecule has 16 heavy (non-hydrogen) atoms. The first-order valence-corrected chi connectivity index (χ1v) is 7.07. The zero-order valence-corrected chi connectivity index (χ0v) is 10.5. The molecule has 0 aromatic carbocycles. The number of Topliss-reactive ketones (excluding diaryl/α,β-unsaturated/α-hetero) is 1. The third kappa shape index (κ3) is 2.65. The van der Waals surface area contributed by atoms with E-state index >= 15 is 0 Å². The van der Waals surface area contributed by atoms with Gasteiger partial charge in [0.05, 0.1) is 0 Å². The van der Waals surface area contributed by atoms with Gasteiger partial charge >= 0.3 is 0 Å². The van der Waals surface area contributed by atoms with Gasteiger partial charge < -0.3 is 5.32 Å². The summed E-state index contributed by atoms with van der Waals surface area (Å²) in [4.78, 5) is 12.5. The molecule has 0 aromatic rings. The predicted octanol–water partition coefficient (Wildman–Crippen LogP) is 2.77. The highest BCUT2D eigenvalue weighted by Gasteiger charge is 2.34. The first kappa shape index (κ1) is 12.1. The van der Waals surface area contributed by atoms with E-state index in [0.717, 1.165) is 25.9 Å². The molecule has 0 aromatic heterocycles. The van der Waals surface area contributed by atoms with Gasteiger partial charge in [-0.3, -0.25) is 4.79 Å². The van der Waals surface area contributed by atoms with Crippen LogP contribution in [0.15, 0.2) is 0 Å². The van der Waals surface area contributed by atoms with Crippen molar-refractivity contribution in [2.45, 2.75) is 51.9 Å². The van der Waals surface area contributed by atoms with Gasteiger partial charge in [-0.1, -0.05) is 26.2 Å². The van der Waals surface area contributed by atoms with Gasteiger partial charge in [0.15, 0.2) is 0 Å². The largest absolute Gasteiger partial charge is 0.316 e. The van der Waals surface area contributed by atoms with Crippen LogP contribution in [0, 0.1) is 17.8 Å². The van der Waals surface area contributed by atoms with E-state index in [1.165, 1.54) is 32.1 Å². The Morgan fingerprint density at radius 3 is 2.69 bits per heavy atom. The minimum Gasteiger partial charge on any atom is -0.316 e. The number of carbonyl (C=O) groups is 1. The Labute approximate surface area is 99.2 Å². The Kier molecular flexibility index (Phi) is 4.39. The Bertz CT molecular complexity index is 233. The summed E-state index contributed by atoms with van der Waals surface area (Å²) in [5.41, 5.74) is 0. The van der Waals surface area contributed by atoms with Crippen molar-refractivity contribution in [1.82, 2.24) is 5.32 Å². The molecule has 1 aliphatic carbocycles. The van der Waals surface area contributed by atoms with E-state index in [4.69, 9.17) is 0 Å². The van der Waals surface area contributed by atoms with Gasteiger partial charge in [0.2, 0.25) is 0 Å². The van der Waals surface area contributed by atoms with Gasteiger partial charge in [0, 0.05) is 18.4 Å². The van der Waals surface area contributed by atoms with E-state index in [-0.39, 0.29) is 0 Å². The van der Waals surface area contributed by atoms with Crippen LogP contribution in [0.25, 0.3) is 0 Å². The van der Waals surface area contributed by atoms with Crippen molar-refractivity contribution in [2.24, 2.45) is 17.8 Å². The molecule has 0 radical (unpaired) electrons. The predicted molar refractivity (Wildman–Crippen MR) is 66.3 cm³/mol. The first-order chi connectivity index (χ1) is 7.83. The number of rotatable bonds is 3. The van der Waals surface area contributed by atoms with Crippen LogP contribution in [0.1, 0.15) is 51.9 Å². The molecule has 0 amide bonds. The first-order valence-electron chi connectivity index (χ1n) is 7.07. The molecule has 2 nitrogen and oxygen atoms in total. The lowest BCUT2D eigenvalue weighted by Crippen LogP contribution is -2.39. The summed E-state index contributed by atoms with van der Waals surface area (Å²) in [7, 11) is 0. The highest BCUT2D eigenvalue weighted by atomic mass is 16.1. The maximum absolute atomic E-state index is 12.5. The molecule has 2 rings (SSSR count). The van der Waals surface area contributed by atoms with Crippen molar-refractivity contribution in [2.75, 3.05) is 13.1 Å². The Morgan fingerprint density at radius 1 is 1.19 bits per heavy atom. The van der Waals surface area contributed by atoms with Gasteiger partial charge in [-0.05, 0) is 38.1 Å². The molecule has 1 saturated heterocycles. The molecule has 1 aliphatic heterocycles. The molecule has 1 N–H and O–H groups in total. The molecular formula is C14H25NO. The fourth-order valence-corrected chi connectivity index (χ4v) is 3.47. The third-order valence-electron chi connectivity index (χ3n) is 4.50. The van der Waals surface area contributed by atoms with Crippen LogP contribution in [0.3, 0.4) is 0 Å². The summed E-state index contributed by atoms with van der Waals surface area (Å²) in [5.74, 6) is 1.98. The highest BCUT2D eigenvalue weighted by Crippen LogP contribution is 2.35. The van der Waals surface area contributed by atoms with Crippen molar-refractivity contribution in [3.63, 3.8) is 0 Å². The van der Waals surface area contributed by atoms with E-state index in [2.05, 4.69) is 12.2 Å². The van der Waals surface area contributed by atoms with E-state index in [9.17, 15) is 4.79 Å². The second-order valence-corrected chi connectivity index (χ2v) is 5.50. The SMILES string of the molecule is CCC1CCCCC1C(=O)C1CCCNC1. The molecule has 2 heteroatoms. The minimum atomic E-state index is 0.325. The average Bonchev–Trinajstić information content (AvgIpc) is 2.39. The molecule has 3 unspecified atom stereocenters. The van der Waals surface area contributed by atoms with Crippen molar-refractivity contribution >= 4 is 5.78 Å². The summed E-state index contributed by atoms with van der Waals surface area (Å²) in [6, 6.07) is 0. The Hall–Kier alpha value is -0.370. The van der Waals surface area contributed by atoms with E-state index in [0.29, 0.717) is 23.5 Å². The zero-order chi connectivity index (χ0) is 11.4. The normalized spacial score (nSPS) is 35.9. The number of piperidine rings is 1. The zero-order valence-electron chi connectivity index (χ0n) is 10.5. The van der Waals surface area contributed by atoms with Gasteiger partial charge in [0.1, 0.15) is 5.78 Å². The molecule has 3 atom stereocenters. The minimum absolute atomic E-state index is 0.325. The van der Waals surface area contributed by atoms with Gasteiger partial charge in [-0.25, -0.2) is 0 Å². The molecule has 1 heterocycles. The third-order valence-corrected chi connectivity index (χ3v) is 4.50. The summed E-state index contributed by atoms with van der Waals surface area (Å²) >= 11 is 0. The summed E-state index contributed by atoms with van der Waals surface area (Å²) < 4.78 is 0. The number of hydrogen-bond donors (Lipinski definition) is 1. The number of carbonyl (C=O) groups excluding carboxylic acids is 1. The van der Waals surface area contributed by atoms with Crippen LogP contribution < -0.4 is 5.32 Å². The number of hydrogen-bond acceptors (Lipinski definition) is 2. The fraction of sp³-hybridized carbons (Fsp3) is 0.929. The van der Waals surface area contributed by atoms with E-state index in [1.807, 2.05) is 0 Å². The van der Waals surface area contributed by atoms with Gasteiger partial charge in [-0.15, -0.1) is 0 Å². The standard InChI is InChI=1S/C14H25NO/c1-2-11-6-3-4-8-13(11)14(16)12-7-5-9-15-10-12/h11-13,15H,2-10H2,1H3. The second kappa shape index (κ2) is 5.81. The van der Waals surface area contributed by atoms with E-state index in [1.54, 1.807) is 0 Å². The lowest BCUT2D eigenvalue weighted by Gasteiger charge is -2.33. The quantitative estimate of drug-likeness (QED) is 0.797. The second-order valence-electron chi connectivity index (χ2n) is 5.50. The monoisotopic (exact) mass is 223 g/mol. The molecular weight excluding hydrogens is 198 g/mol. The maximum atomic E-state index is 12.5. The fourth-order valence-electron chi connectivity index (χ4n) is 3.47. The molecule has 0 bridgehead atoms. The van der Waals surface area contributed by atoms with Crippen molar-refractivity contribution in [3.8, 4) is 0 Å². The van der Waals surface area contributed by atoms with Crippen LogP contribution in [-0.2, 0) is 4.79 Å². The molecule has 2 fully saturated rings. The van der Waals surface area contributed by atoms with Crippen LogP contribution >= 0.6 is 0 Å². The maximum Gasteiger partial charge on any atom is 0.140 e. The lowest BCUT2D eigenvalue weighted by molar-refractivity contribution is -0.130. The average molecular weight is 223 g/mol. The Balaban J connectivity index is 1.95. The van der Waals surface area contributed by atoms with Crippen molar-refractivity contribution in [3.05, 3.63) is 0 Å². The number of ketones is 1. The van der Waals surface area contributed by atoms with Crippen LogP contribution in [0.4, 0.5) is 0 Å². The summed E-state index contributed by atoms with van der Waals surface area (Å²) in [6.45, 7) is 4.28. The lowest BCUT2D eigenvalue weighted by atomic mass is 9.72. The van der Waals surface area contributed by atoms with Crippen molar-refractivity contribution < 1.29 is 4.79 Å². The molecule has 1 saturated carbocycles. The van der Waals surface area contributed by atoms with Crippen LogP contribution in [-0.4, -0.2) is 18.9 Å². The molecule has 2 aliphatic rings.